The van der Waals surface area contributed by atoms with Gasteiger partial charge in [-0.05, 0) is 74.5 Å². The summed E-state index contributed by atoms with van der Waals surface area (Å²) in [5.74, 6) is 2.05. The summed E-state index contributed by atoms with van der Waals surface area (Å²) in [5, 5.41) is 2.24. The average molecular weight is 860 g/mol. The molecule has 0 fully saturated rings. The summed E-state index contributed by atoms with van der Waals surface area (Å²) in [6.07, 6.45) is 9.42. The molecule has 5 nitrogen and oxygen atoms in total. The third-order valence-corrected chi connectivity index (χ3v) is 9.38. The summed E-state index contributed by atoms with van der Waals surface area (Å²) < 4.78 is 12.6. The molecular weight excluding hydrogens is 820 g/mol. The summed E-state index contributed by atoms with van der Waals surface area (Å²) in [6, 6.07) is 47.0. The molecule has 0 atom stereocenters. The fourth-order valence-corrected chi connectivity index (χ4v) is 6.51. The van der Waals surface area contributed by atoms with Crippen LogP contribution in [0, 0.1) is 18.5 Å². The normalized spacial score (nSPS) is 11.9. The Kier molecular flexibility index (Phi) is 9.27. The van der Waals surface area contributed by atoms with E-state index in [4.69, 9.17) is 9.72 Å². The molecule has 262 valence electrons. The second-order valence-corrected chi connectivity index (χ2v) is 15.1. The van der Waals surface area contributed by atoms with Gasteiger partial charge in [0, 0.05) is 56.7 Å². The fourth-order valence-electron chi connectivity index (χ4n) is 6.51. The van der Waals surface area contributed by atoms with Gasteiger partial charge in [-0.3, -0.25) is 4.57 Å². The van der Waals surface area contributed by atoms with Gasteiger partial charge in [0.2, 0.25) is 0 Å². The first-order valence-electron chi connectivity index (χ1n) is 17.4. The van der Waals surface area contributed by atoms with Gasteiger partial charge in [-0.25, -0.2) is 4.98 Å². The van der Waals surface area contributed by atoms with Crippen molar-refractivity contribution in [1.82, 2.24) is 14.1 Å². The number of hydrogen-bond donors (Lipinski definition) is 0. The Hall–Kier alpha value is -5.25. The molecule has 0 saturated heterocycles. The minimum absolute atomic E-state index is 0. The van der Waals surface area contributed by atoms with Crippen LogP contribution in [0.4, 0.5) is 0 Å². The molecule has 0 N–H and O–H groups in total. The number of benzene rings is 5. The van der Waals surface area contributed by atoms with Gasteiger partial charge >= 0.3 is 0 Å². The molecular formula is C46H40N4OPt-2. The van der Waals surface area contributed by atoms with Gasteiger partial charge in [0.15, 0.2) is 0 Å². The van der Waals surface area contributed by atoms with Gasteiger partial charge in [0.05, 0.1) is 5.69 Å². The van der Waals surface area contributed by atoms with E-state index in [9.17, 15) is 0 Å². The van der Waals surface area contributed by atoms with Gasteiger partial charge in [-0.2, -0.15) is 18.2 Å². The van der Waals surface area contributed by atoms with Crippen molar-refractivity contribution >= 4 is 21.8 Å². The van der Waals surface area contributed by atoms with Crippen LogP contribution in [0.5, 0.6) is 11.5 Å². The van der Waals surface area contributed by atoms with E-state index < -0.39 is 0 Å². The molecule has 6 heteroatoms. The topological polar surface area (TPSA) is 35.9 Å². The second-order valence-electron chi connectivity index (χ2n) is 15.1. The Balaban J connectivity index is 0.00000420. The van der Waals surface area contributed by atoms with E-state index in [-0.39, 0.29) is 31.9 Å². The van der Waals surface area contributed by atoms with Crippen LogP contribution < -0.4 is 9.30 Å². The Bertz CT molecular complexity index is 2530. The first-order chi connectivity index (χ1) is 24.5. The molecule has 3 heterocycles. The number of rotatable bonds is 6. The van der Waals surface area contributed by atoms with Crippen molar-refractivity contribution < 1.29 is 30.4 Å². The van der Waals surface area contributed by atoms with Crippen LogP contribution in [0.2, 0.25) is 0 Å². The molecule has 3 aromatic heterocycles. The van der Waals surface area contributed by atoms with Crippen LogP contribution in [0.15, 0.2) is 134 Å². The Morgan fingerprint density at radius 3 is 2.19 bits per heavy atom. The number of imidazole rings is 1. The van der Waals surface area contributed by atoms with Crippen molar-refractivity contribution in [2.75, 3.05) is 0 Å². The van der Waals surface area contributed by atoms with Gasteiger partial charge < -0.3 is 13.9 Å². The zero-order chi connectivity index (χ0) is 35.3. The molecule has 5 aromatic carbocycles. The third kappa shape index (κ3) is 6.86. The average Bonchev–Trinajstić information content (AvgIpc) is 3.75. The van der Waals surface area contributed by atoms with Crippen LogP contribution in [-0.2, 0) is 31.9 Å². The van der Waals surface area contributed by atoms with Crippen LogP contribution in [0.1, 0.15) is 52.7 Å². The van der Waals surface area contributed by atoms with E-state index in [1.54, 1.807) is 0 Å². The molecule has 0 saturated carbocycles. The van der Waals surface area contributed by atoms with Crippen LogP contribution in [-0.4, -0.2) is 14.1 Å². The van der Waals surface area contributed by atoms with E-state index in [2.05, 4.69) is 156 Å². The number of fused-ring (bicyclic) bond motifs is 3. The molecule has 0 radical (unpaired) electrons. The standard InChI is InChI=1S/C46H40N4O.Pt/c1-45(2,3)34-21-22-47-44(28-34)50-42-18-11-10-17-40(42)41-20-19-39(30-43(41)50)51-38-16-12-15-36(29-38)48-23-24-49(31-48)37-26-33(32-13-8-7-9-14-32)25-35(27-37)46(4,5)6;/h7-28H,1-6H3;/q-2;. The molecule has 0 amide bonds. The largest absolute Gasteiger partial charge is 0.510 e. The zero-order valence-electron chi connectivity index (χ0n) is 30.2. The van der Waals surface area contributed by atoms with Gasteiger partial charge in [-0.1, -0.05) is 102 Å². The number of aromatic nitrogens is 4. The molecule has 0 bridgehead atoms. The Morgan fingerprint density at radius 1 is 0.654 bits per heavy atom. The zero-order valence-corrected chi connectivity index (χ0v) is 32.5. The molecule has 0 spiro atoms. The van der Waals surface area contributed by atoms with Crippen LogP contribution in [0.25, 0.3) is 50.1 Å². The summed E-state index contributed by atoms with van der Waals surface area (Å²) in [5.41, 5.74) is 8.69. The van der Waals surface area contributed by atoms with Crippen molar-refractivity contribution in [3.05, 3.63) is 163 Å². The van der Waals surface area contributed by atoms with Crippen LogP contribution >= 0.6 is 0 Å². The first-order valence-corrected chi connectivity index (χ1v) is 17.4. The van der Waals surface area contributed by atoms with Gasteiger partial charge in [0.1, 0.15) is 5.82 Å². The molecule has 0 aliphatic rings. The van der Waals surface area contributed by atoms with E-state index in [1.807, 2.05) is 52.0 Å². The minimum atomic E-state index is -0.0104. The van der Waals surface area contributed by atoms with Crippen LogP contribution in [0.3, 0.4) is 0 Å². The molecule has 0 unspecified atom stereocenters. The molecule has 52 heavy (non-hydrogen) atoms. The second kappa shape index (κ2) is 13.7. The van der Waals surface area contributed by atoms with Gasteiger partial charge in [0.25, 0.3) is 6.33 Å². The fraction of sp³-hybridized carbons (Fsp3) is 0.174. The van der Waals surface area contributed by atoms with Crippen molar-refractivity contribution in [3.8, 4) is 39.8 Å². The van der Waals surface area contributed by atoms with Gasteiger partial charge in [-0.15, -0.1) is 29.7 Å². The van der Waals surface area contributed by atoms with E-state index in [0.29, 0.717) is 11.5 Å². The van der Waals surface area contributed by atoms with Crippen molar-refractivity contribution in [2.45, 2.75) is 52.4 Å². The SMILES string of the molecule is CC(C)(C)c1cc(-c2ccccc2)cc(-[n+]2[c-]n(-c3[c-]c(Oc4[c-]c5c(cc4)c4ccccc4n5-c4cc(C(C)(C)C)ccn4)ccc3)cc2)c1.[Pt]. The van der Waals surface area contributed by atoms with E-state index in [0.717, 1.165) is 39.0 Å². The maximum absolute atomic E-state index is 6.44. The molecule has 8 rings (SSSR count). The van der Waals surface area contributed by atoms with Crippen molar-refractivity contribution in [1.29, 1.82) is 0 Å². The maximum Gasteiger partial charge on any atom is 0.267 e. The maximum atomic E-state index is 6.44. The smallest absolute Gasteiger partial charge is 0.267 e. The monoisotopic (exact) mass is 859 g/mol. The molecule has 0 aliphatic heterocycles. The number of nitrogens with zero attached hydrogens (tertiary/aromatic N) is 4. The number of ether oxygens (including phenoxy) is 1. The summed E-state index contributed by atoms with van der Waals surface area (Å²) >= 11 is 0. The molecule has 0 aliphatic carbocycles. The first kappa shape index (κ1) is 35.2. The minimum Gasteiger partial charge on any atom is -0.510 e. The van der Waals surface area contributed by atoms with Crippen molar-refractivity contribution in [3.63, 3.8) is 0 Å². The summed E-state index contributed by atoms with van der Waals surface area (Å²) in [6.45, 7) is 13.4. The number of para-hydroxylation sites is 1. The quantitative estimate of drug-likeness (QED) is 0.123. The Labute approximate surface area is 320 Å². The predicted molar refractivity (Wildman–Crippen MR) is 205 cm³/mol. The third-order valence-electron chi connectivity index (χ3n) is 9.38. The predicted octanol–water partition coefficient (Wildman–Crippen LogP) is 10.7. The van der Waals surface area contributed by atoms with Crippen molar-refractivity contribution in [2.24, 2.45) is 0 Å². The van der Waals surface area contributed by atoms with E-state index in [1.165, 1.54) is 22.3 Å². The summed E-state index contributed by atoms with van der Waals surface area (Å²) in [7, 11) is 0. The Morgan fingerprint density at radius 2 is 1.40 bits per heavy atom. The van der Waals surface area contributed by atoms with E-state index >= 15 is 0 Å². The molecule has 8 aromatic rings. The summed E-state index contributed by atoms with van der Waals surface area (Å²) in [4.78, 5) is 4.80. The number of pyridine rings is 1. The number of hydrogen-bond acceptors (Lipinski definition) is 2.